The Morgan fingerprint density at radius 3 is 2.29 bits per heavy atom. The van der Waals surface area contributed by atoms with Crippen molar-refractivity contribution in [1.29, 1.82) is 0 Å². The minimum atomic E-state index is -3.56. The summed E-state index contributed by atoms with van der Waals surface area (Å²) in [5.74, 6) is 5.40. The average molecular weight is 262 g/mol. The Hall–Kier alpha value is -0.330. The second-order valence-electron chi connectivity index (χ2n) is 4.00. The van der Waals surface area contributed by atoms with E-state index in [2.05, 4.69) is 18.8 Å². The van der Waals surface area contributed by atoms with E-state index in [-0.39, 0.29) is 0 Å². The van der Waals surface area contributed by atoms with Gasteiger partial charge in [0.1, 0.15) is 0 Å². The van der Waals surface area contributed by atoms with E-state index in [1.54, 1.807) is 0 Å². The number of aliphatic hydroxyl groups is 1. The first-order chi connectivity index (χ1) is 7.93. The molecule has 0 heterocycles. The zero-order chi connectivity index (χ0) is 13.4. The molecule has 17 heavy (non-hydrogen) atoms. The van der Waals surface area contributed by atoms with Gasteiger partial charge in [-0.3, -0.25) is 4.57 Å². The molecule has 0 unspecified atom stereocenters. The molecule has 4 nitrogen and oxygen atoms in total. The fourth-order valence-electron chi connectivity index (χ4n) is 1.37. The van der Waals surface area contributed by atoms with Crippen molar-refractivity contribution in [3.05, 3.63) is 0 Å². The zero-order valence-corrected chi connectivity index (χ0v) is 12.0. The Kier molecular flexibility index (Phi) is 7.74. The highest BCUT2D eigenvalue weighted by atomic mass is 31.2. The lowest BCUT2D eigenvalue weighted by molar-refractivity contribution is 0.140. The molecule has 0 rings (SSSR count). The van der Waals surface area contributed by atoms with Crippen LogP contribution in [-0.4, -0.2) is 24.7 Å². The number of hydrogen-bond donors (Lipinski definition) is 1. The Bertz CT molecular complexity index is 306. The van der Waals surface area contributed by atoms with Crippen LogP contribution < -0.4 is 0 Å². The normalized spacial score (nSPS) is 14.9. The highest BCUT2D eigenvalue weighted by Gasteiger charge is 2.43. The summed E-state index contributed by atoms with van der Waals surface area (Å²) >= 11 is 0. The predicted octanol–water partition coefficient (Wildman–Crippen LogP) is 3.15. The van der Waals surface area contributed by atoms with Gasteiger partial charge in [-0.15, -0.1) is 0 Å². The highest BCUT2D eigenvalue weighted by Crippen LogP contribution is 2.57. The Morgan fingerprint density at radius 1 is 1.24 bits per heavy atom. The molecule has 0 fully saturated rings. The van der Waals surface area contributed by atoms with Gasteiger partial charge in [0.15, 0.2) is 0 Å². The maximum Gasteiger partial charge on any atom is 0.373 e. The third-order valence-corrected chi connectivity index (χ3v) is 4.63. The van der Waals surface area contributed by atoms with E-state index < -0.39 is 12.9 Å². The van der Waals surface area contributed by atoms with Gasteiger partial charge in [0, 0.05) is 20.6 Å². The van der Waals surface area contributed by atoms with E-state index >= 15 is 0 Å². The van der Waals surface area contributed by atoms with Crippen molar-refractivity contribution in [2.75, 3.05) is 14.2 Å². The smallest absolute Gasteiger partial charge is 0.368 e. The molecule has 0 saturated heterocycles. The molecule has 0 aliphatic carbocycles. The average Bonchev–Trinajstić information content (AvgIpc) is 2.32. The summed E-state index contributed by atoms with van der Waals surface area (Å²) in [6.45, 7) is 3.49. The van der Waals surface area contributed by atoms with Crippen molar-refractivity contribution in [3.8, 4) is 11.8 Å². The van der Waals surface area contributed by atoms with Gasteiger partial charge in [-0.25, -0.2) is 0 Å². The summed E-state index contributed by atoms with van der Waals surface area (Å²) in [5, 5.41) is 8.20. The van der Waals surface area contributed by atoms with E-state index in [4.69, 9.17) is 9.05 Å². The molecule has 0 spiro atoms. The summed E-state index contributed by atoms with van der Waals surface area (Å²) in [4.78, 5) is 0. The van der Waals surface area contributed by atoms with Crippen molar-refractivity contribution >= 4 is 7.60 Å². The van der Waals surface area contributed by atoms with E-state index in [9.17, 15) is 9.67 Å². The molecule has 0 amide bonds. The molecule has 1 atom stereocenters. The molecule has 1 N–H and O–H groups in total. The maximum atomic E-state index is 11.9. The first kappa shape index (κ1) is 16.7. The SMILES string of the molecule is CCCCCCC#C[C@](C)(O)P(=O)(OC)OC. The summed E-state index contributed by atoms with van der Waals surface area (Å²) in [5.41, 5.74) is 0. The van der Waals surface area contributed by atoms with Crippen molar-refractivity contribution in [2.45, 2.75) is 51.3 Å². The van der Waals surface area contributed by atoms with Gasteiger partial charge < -0.3 is 14.2 Å². The fourth-order valence-corrected chi connectivity index (χ4v) is 2.44. The molecular formula is C12H23O4P. The minimum Gasteiger partial charge on any atom is -0.368 e. The second kappa shape index (κ2) is 7.89. The van der Waals surface area contributed by atoms with Crippen LogP contribution in [0, 0.1) is 11.8 Å². The molecule has 0 aliphatic heterocycles. The van der Waals surface area contributed by atoms with Crippen LogP contribution in [0.25, 0.3) is 0 Å². The van der Waals surface area contributed by atoms with Crippen LogP contribution in [0.1, 0.15) is 46.0 Å². The van der Waals surface area contributed by atoms with E-state index in [1.165, 1.54) is 34.0 Å². The molecule has 5 heteroatoms. The first-order valence-corrected chi connectivity index (χ1v) is 7.41. The molecular weight excluding hydrogens is 239 g/mol. The van der Waals surface area contributed by atoms with Crippen LogP contribution in [0.5, 0.6) is 0 Å². The Labute approximate surface area is 104 Å². The molecule has 0 saturated carbocycles. The third kappa shape index (κ3) is 5.23. The number of hydrogen-bond acceptors (Lipinski definition) is 4. The van der Waals surface area contributed by atoms with Gasteiger partial charge in [0.25, 0.3) is 0 Å². The minimum absolute atomic E-state index is 0.684. The zero-order valence-electron chi connectivity index (χ0n) is 11.2. The molecule has 0 radical (unpaired) electrons. The largest absolute Gasteiger partial charge is 0.373 e. The summed E-state index contributed by atoms with van der Waals surface area (Å²) in [6.07, 6.45) is 5.16. The number of unbranched alkanes of at least 4 members (excludes halogenated alkanes) is 4. The molecule has 0 aliphatic rings. The summed E-state index contributed by atoms with van der Waals surface area (Å²) < 4.78 is 21.4. The summed E-state index contributed by atoms with van der Waals surface area (Å²) in [7, 11) is -1.09. The van der Waals surface area contributed by atoms with E-state index in [1.807, 2.05) is 0 Å². The lowest BCUT2D eigenvalue weighted by Crippen LogP contribution is -2.23. The van der Waals surface area contributed by atoms with Crippen LogP contribution in [0.4, 0.5) is 0 Å². The van der Waals surface area contributed by atoms with E-state index in [0.29, 0.717) is 6.42 Å². The molecule has 0 aromatic heterocycles. The van der Waals surface area contributed by atoms with Crippen molar-refractivity contribution < 1.29 is 18.7 Å². The van der Waals surface area contributed by atoms with Gasteiger partial charge in [-0.2, -0.15) is 0 Å². The fraction of sp³-hybridized carbons (Fsp3) is 0.833. The second-order valence-corrected chi connectivity index (χ2v) is 6.59. The first-order valence-electron chi connectivity index (χ1n) is 5.87. The summed E-state index contributed by atoms with van der Waals surface area (Å²) in [6, 6.07) is 0. The third-order valence-electron chi connectivity index (χ3n) is 2.49. The van der Waals surface area contributed by atoms with Crippen LogP contribution in [-0.2, 0) is 13.6 Å². The Balaban J connectivity index is 4.34. The molecule has 0 bridgehead atoms. The topological polar surface area (TPSA) is 55.8 Å². The van der Waals surface area contributed by atoms with E-state index in [0.717, 1.165) is 12.8 Å². The standard InChI is InChI=1S/C12H23O4P/c1-5-6-7-8-9-10-11-12(2,13)17(14,15-3)16-4/h13H,5-9H2,1-4H3/t12-/m1/s1. The van der Waals surface area contributed by atoms with Gasteiger partial charge in [0.05, 0.1) is 0 Å². The van der Waals surface area contributed by atoms with Crippen LogP contribution >= 0.6 is 7.60 Å². The van der Waals surface area contributed by atoms with Crippen molar-refractivity contribution in [1.82, 2.24) is 0 Å². The van der Waals surface area contributed by atoms with Crippen molar-refractivity contribution in [3.63, 3.8) is 0 Å². The van der Waals surface area contributed by atoms with Crippen LogP contribution in [0.3, 0.4) is 0 Å². The molecule has 0 aromatic carbocycles. The molecule has 100 valence electrons. The van der Waals surface area contributed by atoms with Gasteiger partial charge in [0.2, 0.25) is 5.34 Å². The Morgan fingerprint density at radius 2 is 1.82 bits per heavy atom. The maximum absolute atomic E-state index is 11.9. The lowest BCUT2D eigenvalue weighted by Gasteiger charge is -2.24. The van der Waals surface area contributed by atoms with Gasteiger partial charge >= 0.3 is 7.60 Å². The lowest BCUT2D eigenvalue weighted by atomic mass is 10.1. The quantitative estimate of drug-likeness (QED) is 0.435. The monoisotopic (exact) mass is 262 g/mol. The predicted molar refractivity (Wildman–Crippen MR) is 68.8 cm³/mol. The van der Waals surface area contributed by atoms with Gasteiger partial charge in [-0.05, 0) is 13.3 Å². The van der Waals surface area contributed by atoms with Crippen LogP contribution in [0.2, 0.25) is 0 Å². The van der Waals surface area contributed by atoms with Crippen molar-refractivity contribution in [2.24, 2.45) is 0 Å². The number of rotatable bonds is 7. The van der Waals surface area contributed by atoms with Crippen LogP contribution in [0.15, 0.2) is 0 Å². The molecule has 0 aromatic rings. The highest BCUT2D eigenvalue weighted by molar-refractivity contribution is 7.55. The van der Waals surface area contributed by atoms with Gasteiger partial charge in [-0.1, -0.05) is 38.0 Å².